The van der Waals surface area contributed by atoms with Crippen molar-refractivity contribution in [3.05, 3.63) is 51.1 Å². The molecule has 0 bridgehead atoms. The van der Waals surface area contributed by atoms with E-state index in [4.69, 9.17) is 16.6 Å². The van der Waals surface area contributed by atoms with Gasteiger partial charge in [-0.3, -0.25) is 0 Å². The molecule has 0 atom stereocenters. The molecule has 2 aromatic heterocycles. The van der Waals surface area contributed by atoms with E-state index in [0.29, 0.717) is 0 Å². The van der Waals surface area contributed by atoms with Gasteiger partial charge in [-0.2, -0.15) is 0 Å². The first-order chi connectivity index (χ1) is 11.1. The minimum Gasteiger partial charge on any atom is -0.369 e. The molecule has 23 heavy (non-hydrogen) atoms. The van der Waals surface area contributed by atoms with Crippen molar-refractivity contribution in [1.29, 1.82) is 0 Å². The van der Waals surface area contributed by atoms with Gasteiger partial charge < -0.3 is 5.32 Å². The Hall–Kier alpha value is -1.65. The maximum Gasteiger partial charge on any atom is 0.138 e. The summed E-state index contributed by atoms with van der Waals surface area (Å²) in [6, 6.07) is 8.00. The Morgan fingerprint density at radius 3 is 2.57 bits per heavy atom. The summed E-state index contributed by atoms with van der Waals surface area (Å²) >= 11 is 7.68. The third-order valence-electron chi connectivity index (χ3n) is 4.01. The quantitative estimate of drug-likeness (QED) is 0.692. The van der Waals surface area contributed by atoms with Crippen LogP contribution < -0.4 is 5.32 Å². The highest BCUT2D eigenvalue weighted by molar-refractivity contribution is 7.18. The second-order valence-electron chi connectivity index (χ2n) is 5.61. The van der Waals surface area contributed by atoms with Crippen molar-refractivity contribution in [2.24, 2.45) is 0 Å². The number of nitrogens with one attached hydrogen (secondary N) is 1. The van der Waals surface area contributed by atoms with E-state index in [9.17, 15) is 0 Å². The van der Waals surface area contributed by atoms with Crippen LogP contribution in [0, 0.1) is 13.8 Å². The second kappa shape index (κ2) is 6.85. The second-order valence-corrected chi connectivity index (χ2v) is 7.25. The van der Waals surface area contributed by atoms with Crippen LogP contribution in [0.1, 0.15) is 28.8 Å². The Morgan fingerprint density at radius 2 is 1.87 bits per heavy atom. The number of aryl methyl sites for hydroxylation is 3. The van der Waals surface area contributed by atoms with Crippen molar-refractivity contribution in [1.82, 2.24) is 9.97 Å². The van der Waals surface area contributed by atoms with Gasteiger partial charge in [0.15, 0.2) is 0 Å². The number of hydrogen-bond acceptors (Lipinski definition) is 4. The molecule has 0 saturated heterocycles. The Kier molecular flexibility index (Phi) is 4.83. The minimum absolute atomic E-state index is 0.774. The number of hydrogen-bond donors (Lipinski definition) is 1. The molecule has 1 aromatic carbocycles. The Morgan fingerprint density at radius 1 is 1.13 bits per heavy atom. The summed E-state index contributed by atoms with van der Waals surface area (Å²) < 4.78 is 0. The van der Waals surface area contributed by atoms with Gasteiger partial charge in [-0.25, -0.2) is 9.97 Å². The van der Waals surface area contributed by atoms with Crippen molar-refractivity contribution < 1.29 is 0 Å². The van der Waals surface area contributed by atoms with Gasteiger partial charge in [0, 0.05) is 22.9 Å². The molecule has 0 unspecified atom stereocenters. The topological polar surface area (TPSA) is 37.8 Å². The van der Waals surface area contributed by atoms with E-state index in [-0.39, 0.29) is 0 Å². The molecule has 3 rings (SSSR count). The van der Waals surface area contributed by atoms with Gasteiger partial charge >= 0.3 is 0 Å². The fourth-order valence-corrected chi connectivity index (χ4v) is 3.73. The average Bonchev–Trinajstić information content (AvgIpc) is 2.84. The summed E-state index contributed by atoms with van der Waals surface area (Å²) in [4.78, 5) is 11.8. The summed E-state index contributed by atoms with van der Waals surface area (Å²) in [5.74, 6) is 1.86. The van der Waals surface area contributed by atoms with Crippen LogP contribution in [0.3, 0.4) is 0 Å². The van der Waals surface area contributed by atoms with Gasteiger partial charge in [0.1, 0.15) is 16.5 Å². The largest absolute Gasteiger partial charge is 0.369 e. The smallest absolute Gasteiger partial charge is 0.138 e. The number of nitrogens with zero attached hydrogens (tertiary/aromatic N) is 2. The zero-order valence-corrected chi connectivity index (χ0v) is 15.2. The lowest BCUT2D eigenvalue weighted by atomic mass is 10.1. The fourth-order valence-electron chi connectivity index (χ4n) is 2.56. The molecule has 0 radical (unpaired) electrons. The Balaban J connectivity index is 1.82. The predicted molar refractivity (Wildman–Crippen MR) is 99.9 cm³/mol. The monoisotopic (exact) mass is 345 g/mol. The molecule has 2 heterocycles. The molecule has 0 aliphatic heterocycles. The molecule has 0 saturated carbocycles. The number of thiophene rings is 1. The van der Waals surface area contributed by atoms with Crippen LogP contribution >= 0.6 is 22.9 Å². The molecule has 3 aromatic rings. The van der Waals surface area contributed by atoms with E-state index in [2.05, 4.69) is 43.2 Å². The van der Waals surface area contributed by atoms with E-state index in [1.54, 1.807) is 11.3 Å². The number of rotatable bonds is 5. The highest BCUT2D eigenvalue weighted by Crippen LogP contribution is 2.33. The molecule has 3 nitrogen and oxygen atoms in total. The molecule has 0 spiro atoms. The molecule has 1 N–H and O–H groups in total. The van der Waals surface area contributed by atoms with Crippen molar-refractivity contribution in [2.75, 3.05) is 11.9 Å². The van der Waals surface area contributed by atoms with Gasteiger partial charge in [-0.15, -0.1) is 11.3 Å². The van der Waals surface area contributed by atoms with Crippen molar-refractivity contribution in [3.8, 4) is 0 Å². The van der Waals surface area contributed by atoms with Crippen LogP contribution in [-0.4, -0.2) is 16.5 Å². The lowest BCUT2D eigenvalue weighted by Crippen LogP contribution is -2.08. The van der Waals surface area contributed by atoms with Gasteiger partial charge in [0.25, 0.3) is 0 Å². The highest BCUT2D eigenvalue weighted by atomic mass is 35.5. The normalized spacial score (nSPS) is 11.1. The minimum atomic E-state index is 0.774. The third-order valence-corrected chi connectivity index (χ3v) is 5.36. The van der Waals surface area contributed by atoms with E-state index in [1.165, 1.54) is 21.4 Å². The molecular formula is C18H20ClN3S. The van der Waals surface area contributed by atoms with Crippen molar-refractivity contribution in [2.45, 2.75) is 33.6 Å². The molecule has 5 heteroatoms. The summed E-state index contributed by atoms with van der Waals surface area (Å²) in [5, 5.41) is 5.44. The number of benzene rings is 1. The summed E-state index contributed by atoms with van der Waals surface area (Å²) in [6.45, 7) is 7.22. The molecule has 0 amide bonds. The number of halogens is 1. The maximum absolute atomic E-state index is 5.93. The fraction of sp³-hybridized carbons (Fsp3) is 0.333. The summed E-state index contributed by atoms with van der Waals surface area (Å²) in [7, 11) is 0. The van der Waals surface area contributed by atoms with Crippen LogP contribution in [-0.2, 0) is 12.8 Å². The van der Waals surface area contributed by atoms with Gasteiger partial charge in [0.2, 0.25) is 0 Å². The third kappa shape index (κ3) is 3.48. The molecule has 0 fully saturated rings. The van der Waals surface area contributed by atoms with Crippen LogP contribution in [0.5, 0.6) is 0 Å². The van der Waals surface area contributed by atoms with E-state index in [0.717, 1.165) is 40.9 Å². The maximum atomic E-state index is 5.93. The van der Waals surface area contributed by atoms with Crippen molar-refractivity contribution in [3.63, 3.8) is 0 Å². The number of anilines is 1. The first-order valence-corrected chi connectivity index (χ1v) is 9.03. The molecule has 120 valence electrons. The van der Waals surface area contributed by atoms with E-state index < -0.39 is 0 Å². The van der Waals surface area contributed by atoms with Crippen LogP contribution in [0.4, 0.5) is 5.82 Å². The lowest BCUT2D eigenvalue weighted by Gasteiger charge is -2.09. The van der Waals surface area contributed by atoms with Gasteiger partial charge in [0.05, 0.1) is 5.39 Å². The summed E-state index contributed by atoms with van der Waals surface area (Å²) in [5.41, 5.74) is 2.54. The zero-order valence-electron chi connectivity index (χ0n) is 13.6. The highest BCUT2D eigenvalue weighted by Gasteiger charge is 2.13. The SMILES string of the molecule is CCc1nc(NCCc2ccc(Cl)cc2)c2c(C)c(C)sc2n1. The van der Waals surface area contributed by atoms with Crippen LogP contribution in [0.2, 0.25) is 5.02 Å². The predicted octanol–water partition coefficient (Wildman–Crippen LogP) is 5.18. The summed E-state index contributed by atoms with van der Waals surface area (Å²) in [6.07, 6.45) is 1.78. The molecule has 0 aliphatic rings. The van der Waals surface area contributed by atoms with Crippen molar-refractivity contribution >= 4 is 39.0 Å². The van der Waals surface area contributed by atoms with E-state index in [1.807, 2.05) is 12.1 Å². The van der Waals surface area contributed by atoms with Crippen LogP contribution in [0.25, 0.3) is 10.2 Å². The zero-order chi connectivity index (χ0) is 16.4. The lowest BCUT2D eigenvalue weighted by molar-refractivity contribution is 0.946. The van der Waals surface area contributed by atoms with E-state index >= 15 is 0 Å². The first kappa shape index (κ1) is 16.2. The van der Waals surface area contributed by atoms with Gasteiger partial charge in [-0.05, 0) is 43.5 Å². The first-order valence-electron chi connectivity index (χ1n) is 7.83. The molecule has 0 aliphatic carbocycles. The number of fused-ring (bicyclic) bond motifs is 1. The number of aromatic nitrogens is 2. The van der Waals surface area contributed by atoms with Crippen LogP contribution in [0.15, 0.2) is 24.3 Å². The standard InChI is InChI=1S/C18H20ClN3S/c1-4-15-21-17(16-11(2)12(3)23-18(16)22-15)20-10-9-13-5-7-14(19)8-6-13/h5-8H,4,9-10H2,1-3H3,(H,20,21,22). The Bertz CT molecular complexity index is 824. The van der Waals surface area contributed by atoms with Gasteiger partial charge in [-0.1, -0.05) is 30.7 Å². The molecular weight excluding hydrogens is 326 g/mol. The Labute approximate surface area is 145 Å². The average molecular weight is 346 g/mol.